The highest BCUT2D eigenvalue weighted by Crippen LogP contribution is 2.26. The molecular weight excluding hydrogens is 492 g/mol. The van der Waals surface area contributed by atoms with Gasteiger partial charge in [-0.3, -0.25) is 14.9 Å². The van der Waals surface area contributed by atoms with Crippen molar-refractivity contribution in [3.63, 3.8) is 0 Å². The summed E-state index contributed by atoms with van der Waals surface area (Å²) in [6, 6.07) is 10.3. The number of hydrogen-bond acceptors (Lipinski definition) is 9. The highest BCUT2D eigenvalue weighted by molar-refractivity contribution is 5.93. The van der Waals surface area contributed by atoms with E-state index in [9.17, 15) is 19.7 Å². The van der Waals surface area contributed by atoms with Crippen molar-refractivity contribution in [2.45, 2.75) is 45.4 Å². The zero-order valence-corrected chi connectivity index (χ0v) is 21.1. The zero-order valence-electron chi connectivity index (χ0n) is 21.1. The van der Waals surface area contributed by atoms with Gasteiger partial charge in [0, 0.05) is 18.2 Å². The van der Waals surface area contributed by atoms with Crippen molar-refractivity contribution in [1.29, 1.82) is 0 Å². The van der Waals surface area contributed by atoms with E-state index in [1.54, 1.807) is 37.3 Å². The van der Waals surface area contributed by atoms with Crippen LogP contribution in [0.4, 0.5) is 11.4 Å². The Morgan fingerprint density at radius 2 is 1.82 bits per heavy atom. The number of nitro groups is 1. The number of nitrogens with one attached hydrogen (secondary N) is 1. The van der Waals surface area contributed by atoms with Crippen molar-refractivity contribution < 1.29 is 29.0 Å². The number of amides is 1. The minimum atomic E-state index is -0.506. The van der Waals surface area contributed by atoms with Gasteiger partial charge in [-0.25, -0.2) is 9.42 Å². The number of benzene rings is 2. The Morgan fingerprint density at radius 3 is 2.53 bits per heavy atom. The largest absolute Gasteiger partial charge is 0.462 e. The predicted molar refractivity (Wildman–Crippen MR) is 141 cm³/mol. The van der Waals surface area contributed by atoms with E-state index in [1.807, 2.05) is 12.1 Å². The van der Waals surface area contributed by atoms with Crippen LogP contribution in [0.1, 0.15) is 50.2 Å². The Kier molecular flexibility index (Phi) is 10.7. The highest BCUT2D eigenvalue weighted by atomic mass is 16.6. The van der Waals surface area contributed by atoms with E-state index in [-0.39, 0.29) is 35.9 Å². The van der Waals surface area contributed by atoms with E-state index >= 15 is 0 Å². The number of non-ortho nitro benzene ring substituents is 1. The van der Waals surface area contributed by atoms with Gasteiger partial charge in [0.05, 0.1) is 23.7 Å². The molecule has 1 heterocycles. The fourth-order valence-electron chi connectivity index (χ4n) is 3.83. The molecule has 0 saturated heterocycles. The molecule has 38 heavy (non-hydrogen) atoms. The molecule has 11 heteroatoms. The van der Waals surface area contributed by atoms with Gasteiger partial charge in [0.25, 0.3) is 0 Å². The Morgan fingerprint density at radius 1 is 1.08 bits per heavy atom. The first kappa shape index (κ1) is 28.2. The molecule has 0 radical (unpaired) electrons. The second kappa shape index (κ2) is 14.4. The second-order valence-electron chi connectivity index (χ2n) is 8.44. The minimum absolute atomic E-state index is 0.0745. The van der Waals surface area contributed by atoms with E-state index < -0.39 is 10.9 Å². The van der Waals surface area contributed by atoms with Crippen molar-refractivity contribution in [1.82, 2.24) is 10.3 Å². The summed E-state index contributed by atoms with van der Waals surface area (Å²) in [6.07, 6.45) is 9.12. The van der Waals surface area contributed by atoms with Crippen molar-refractivity contribution in [3.8, 4) is 0 Å². The molecular formula is C27H30N4O7. The van der Waals surface area contributed by atoms with Crippen molar-refractivity contribution >= 4 is 40.4 Å². The van der Waals surface area contributed by atoms with Crippen LogP contribution in [0.2, 0.25) is 0 Å². The summed E-state index contributed by atoms with van der Waals surface area (Å²) < 4.78 is 9.65. The van der Waals surface area contributed by atoms with Crippen LogP contribution in [0.15, 0.2) is 58.8 Å². The normalized spacial score (nSPS) is 11.7. The smallest absolute Gasteiger partial charge is 0.337 e. The molecule has 0 bridgehead atoms. The van der Waals surface area contributed by atoms with Crippen LogP contribution in [0.5, 0.6) is 0 Å². The van der Waals surface area contributed by atoms with E-state index in [4.69, 9.17) is 14.5 Å². The molecule has 1 aromatic heterocycles. The lowest BCUT2D eigenvalue weighted by atomic mass is 10.0. The third kappa shape index (κ3) is 8.07. The van der Waals surface area contributed by atoms with Crippen molar-refractivity contribution in [2.24, 2.45) is 0 Å². The number of hydrogen-bond donors (Lipinski definition) is 2. The lowest BCUT2D eigenvalue weighted by Crippen LogP contribution is -2.10. The quantitative estimate of drug-likeness (QED) is 0.0760. The summed E-state index contributed by atoms with van der Waals surface area (Å²) in [5.41, 5.74) is 3.07. The molecule has 1 amide bonds. The number of fused-ring (bicyclic) bond motifs is 1. The van der Waals surface area contributed by atoms with E-state index in [2.05, 4.69) is 15.6 Å². The first-order chi connectivity index (χ1) is 18.4. The maximum Gasteiger partial charge on any atom is 0.337 e. The number of nitro benzene ring substituents is 1. The first-order valence-electron chi connectivity index (χ1n) is 12.4. The molecule has 0 aliphatic heterocycles. The second-order valence-corrected chi connectivity index (χ2v) is 8.44. The van der Waals surface area contributed by atoms with Gasteiger partial charge in [-0.2, -0.15) is 0 Å². The Labute approximate surface area is 219 Å². The minimum Gasteiger partial charge on any atom is -0.462 e. The van der Waals surface area contributed by atoms with Gasteiger partial charge in [-0.05, 0) is 78.0 Å². The number of aryl methyl sites for hydroxylation is 1. The molecule has 0 spiro atoms. The van der Waals surface area contributed by atoms with Gasteiger partial charge < -0.3 is 15.2 Å². The molecule has 0 unspecified atom stereocenters. The number of carbonyl (C=O) groups excluding carboxylic acids is 2. The average molecular weight is 523 g/mol. The Balaban J connectivity index is 1.38. The van der Waals surface area contributed by atoms with Gasteiger partial charge in [-0.1, -0.05) is 31.1 Å². The molecule has 2 aromatic carbocycles. The number of unbranched alkanes of at least 4 members (excludes halogenated alkanes) is 3. The average Bonchev–Trinajstić information content (AvgIpc) is 3.39. The number of aliphatic hydroxyl groups excluding tert-OH is 1. The molecule has 0 atom stereocenters. The monoisotopic (exact) mass is 522 g/mol. The maximum atomic E-state index is 12.3. The number of rotatable bonds is 14. The third-order valence-corrected chi connectivity index (χ3v) is 5.75. The van der Waals surface area contributed by atoms with Crippen LogP contribution in [0.3, 0.4) is 0 Å². The predicted octanol–water partition coefficient (Wildman–Crippen LogP) is 4.76. The fraction of sp³-hybridized carbons (Fsp3) is 0.333. The van der Waals surface area contributed by atoms with Crippen LogP contribution in [-0.4, -0.2) is 45.4 Å². The molecule has 0 saturated carbocycles. The van der Waals surface area contributed by atoms with Crippen LogP contribution in [0, 0.1) is 10.1 Å². The highest BCUT2D eigenvalue weighted by Gasteiger charge is 2.19. The number of esters is 1. The molecule has 11 nitrogen and oxygen atoms in total. The summed E-state index contributed by atoms with van der Waals surface area (Å²) >= 11 is 0. The van der Waals surface area contributed by atoms with Crippen LogP contribution in [0.25, 0.3) is 17.1 Å². The van der Waals surface area contributed by atoms with E-state index in [1.165, 1.54) is 12.1 Å². The number of aliphatic hydroxyl groups is 1. The molecule has 3 aromatic rings. The lowest BCUT2D eigenvalue weighted by molar-refractivity contribution is -0.383. The molecule has 200 valence electrons. The number of ether oxygens (including phenoxy) is 1. The number of anilines is 1. The summed E-state index contributed by atoms with van der Waals surface area (Å²) in [6.45, 7) is 1.69. The summed E-state index contributed by atoms with van der Waals surface area (Å²) in [5.74, 6) is -0.577. The molecule has 0 aliphatic rings. The SMILES string of the molecule is CCOC(=O)C(/C=C/c1ccc(NC(=O)CCCCCCc2ccc([N+](=O)[O-])c3nonc23)cc1)=C/CO. The Bertz CT molecular complexity index is 1310. The number of aromatic nitrogens is 2. The first-order valence-corrected chi connectivity index (χ1v) is 12.4. The number of carbonyl (C=O) groups is 2. The van der Waals surface area contributed by atoms with E-state index in [0.29, 0.717) is 24.0 Å². The zero-order chi connectivity index (χ0) is 27.3. The van der Waals surface area contributed by atoms with Gasteiger partial charge in [0.2, 0.25) is 11.4 Å². The molecule has 0 fully saturated rings. The molecule has 2 N–H and O–H groups in total. The van der Waals surface area contributed by atoms with Gasteiger partial charge in [0.15, 0.2) is 0 Å². The number of nitrogens with zero attached hydrogens (tertiary/aromatic N) is 3. The Hall–Kier alpha value is -4.38. The lowest BCUT2D eigenvalue weighted by Gasteiger charge is -2.06. The van der Waals surface area contributed by atoms with E-state index in [0.717, 1.165) is 36.8 Å². The fourth-order valence-corrected chi connectivity index (χ4v) is 3.83. The van der Waals surface area contributed by atoms with Gasteiger partial charge in [0.1, 0.15) is 5.52 Å². The molecule has 0 aliphatic carbocycles. The van der Waals surface area contributed by atoms with Crippen LogP contribution >= 0.6 is 0 Å². The molecule has 3 rings (SSSR count). The van der Waals surface area contributed by atoms with Crippen molar-refractivity contribution in [3.05, 3.63) is 75.4 Å². The summed E-state index contributed by atoms with van der Waals surface area (Å²) in [7, 11) is 0. The van der Waals surface area contributed by atoms with Gasteiger partial charge >= 0.3 is 11.7 Å². The summed E-state index contributed by atoms with van der Waals surface area (Å²) in [4.78, 5) is 34.8. The van der Waals surface area contributed by atoms with Crippen molar-refractivity contribution in [2.75, 3.05) is 18.5 Å². The summed E-state index contributed by atoms with van der Waals surface area (Å²) in [5, 5.41) is 30.5. The maximum absolute atomic E-state index is 12.3. The standard InChI is InChI=1S/C27H30N4O7/c1-2-37-27(34)21(17-18-32)12-9-19-10-14-22(15-11-19)28-24(33)8-6-4-3-5-7-20-13-16-23(31(35)36)26-25(20)29-38-30-26/h9-17,32H,2-8,18H2,1H3,(H,28,33)/b12-9+,21-17+. The van der Waals surface area contributed by atoms with Crippen LogP contribution in [-0.2, 0) is 20.7 Å². The third-order valence-electron chi connectivity index (χ3n) is 5.75. The topological polar surface area (TPSA) is 158 Å². The van der Waals surface area contributed by atoms with Gasteiger partial charge in [-0.15, -0.1) is 0 Å². The van der Waals surface area contributed by atoms with Crippen LogP contribution < -0.4 is 5.32 Å².